The molecule has 156 valence electrons. The van der Waals surface area contributed by atoms with Crippen molar-refractivity contribution >= 4 is 23.1 Å². The van der Waals surface area contributed by atoms with Crippen molar-refractivity contribution in [3.05, 3.63) is 70.5 Å². The van der Waals surface area contributed by atoms with Gasteiger partial charge in [0.25, 0.3) is 5.91 Å². The average Bonchev–Trinajstić information content (AvgIpc) is 3.18. The summed E-state index contributed by atoms with van der Waals surface area (Å²) in [5.74, 6) is -0.108. The number of benzene rings is 2. The molecule has 3 rings (SSSR count). The van der Waals surface area contributed by atoms with Crippen molar-refractivity contribution in [2.24, 2.45) is 0 Å². The van der Waals surface area contributed by atoms with Gasteiger partial charge < -0.3 is 19.2 Å². The Hall–Kier alpha value is -3.39. The third-order valence-corrected chi connectivity index (χ3v) is 4.44. The predicted molar refractivity (Wildman–Crippen MR) is 109 cm³/mol. The third-order valence-electron chi connectivity index (χ3n) is 4.14. The summed E-state index contributed by atoms with van der Waals surface area (Å²) in [5.41, 5.74) is 2.74. The quantitative estimate of drug-likeness (QED) is 0.576. The summed E-state index contributed by atoms with van der Waals surface area (Å²) in [6, 6.07) is 9.53. The molecule has 7 nitrogen and oxygen atoms in total. The minimum atomic E-state index is -0.625. The Balaban J connectivity index is 1.54. The van der Waals surface area contributed by atoms with Gasteiger partial charge in [0.15, 0.2) is 6.61 Å². The van der Waals surface area contributed by atoms with E-state index in [2.05, 4.69) is 15.5 Å². The van der Waals surface area contributed by atoms with Gasteiger partial charge in [0, 0.05) is 17.8 Å². The molecular formula is C21H19ClFN3O4. The summed E-state index contributed by atoms with van der Waals surface area (Å²) < 4.78 is 29.6. The molecule has 0 atom stereocenters. The minimum absolute atomic E-state index is 0.0135. The first-order valence-corrected chi connectivity index (χ1v) is 9.32. The summed E-state index contributed by atoms with van der Waals surface area (Å²) in [6.45, 7) is 5.36. The standard InChI is InChI=1S/C21H19ClFN3O4/c1-12-4-5-16(8-13(12)2)29-21-26-25-20(30-21)14(3)10-24-19(27)11-28-15-6-7-17(22)18(23)9-15/h4-10H,11H2,1-3H3,(H,24,27)/b14-10+. The second-order valence-electron chi connectivity index (χ2n) is 6.48. The van der Waals surface area contributed by atoms with Gasteiger partial charge in [-0.05, 0) is 56.2 Å². The smallest absolute Gasteiger partial charge is 0.420 e. The number of hydrogen-bond acceptors (Lipinski definition) is 6. The Kier molecular flexibility index (Phi) is 6.68. The largest absolute Gasteiger partial charge is 0.484 e. The van der Waals surface area contributed by atoms with Crippen LogP contribution in [-0.4, -0.2) is 22.7 Å². The highest BCUT2D eigenvalue weighted by atomic mass is 35.5. The van der Waals surface area contributed by atoms with Gasteiger partial charge in [-0.3, -0.25) is 4.79 Å². The molecule has 2 aromatic carbocycles. The Morgan fingerprint density at radius 3 is 2.67 bits per heavy atom. The number of carbonyl (C=O) groups excluding carboxylic acids is 1. The molecule has 0 aliphatic carbocycles. The maximum Gasteiger partial charge on any atom is 0.420 e. The lowest BCUT2D eigenvalue weighted by atomic mass is 10.1. The van der Waals surface area contributed by atoms with Crippen LogP contribution in [0.25, 0.3) is 5.57 Å². The number of allylic oxidation sites excluding steroid dienone is 1. The van der Waals surface area contributed by atoms with Gasteiger partial charge in [0.1, 0.15) is 17.3 Å². The molecule has 0 saturated carbocycles. The molecular weight excluding hydrogens is 413 g/mol. The van der Waals surface area contributed by atoms with Gasteiger partial charge >= 0.3 is 6.08 Å². The van der Waals surface area contributed by atoms with E-state index >= 15 is 0 Å². The number of halogens is 2. The fraction of sp³-hybridized carbons (Fsp3) is 0.190. The van der Waals surface area contributed by atoms with Gasteiger partial charge in [0.2, 0.25) is 5.89 Å². The Labute approximate surface area is 177 Å². The van der Waals surface area contributed by atoms with Gasteiger partial charge in [0.05, 0.1) is 5.02 Å². The first-order valence-electron chi connectivity index (χ1n) is 8.95. The monoisotopic (exact) mass is 431 g/mol. The number of rotatable bonds is 7. The number of ether oxygens (including phenoxy) is 2. The van der Waals surface area contributed by atoms with Crippen molar-refractivity contribution < 1.29 is 23.1 Å². The molecule has 0 fully saturated rings. The van der Waals surface area contributed by atoms with Gasteiger partial charge in [-0.25, -0.2) is 4.39 Å². The Morgan fingerprint density at radius 2 is 1.93 bits per heavy atom. The van der Waals surface area contributed by atoms with E-state index in [0.29, 0.717) is 11.3 Å². The molecule has 1 amide bonds. The molecule has 1 heterocycles. The van der Waals surface area contributed by atoms with E-state index in [-0.39, 0.29) is 29.3 Å². The predicted octanol–water partition coefficient (Wildman–Crippen LogP) is 4.83. The van der Waals surface area contributed by atoms with Crippen molar-refractivity contribution in [1.82, 2.24) is 15.5 Å². The molecule has 0 unspecified atom stereocenters. The van der Waals surface area contributed by atoms with Crippen LogP contribution < -0.4 is 14.8 Å². The number of nitrogens with one attached hydrogen (secondary N) is 1. The lowest BCUT2D eigenvalue weighted by Gasteiger charge is -2.06. The van der Waals surface area contributed by atoms with Crippen molar-refractivity contribution in [3.8, 4) is 17.6 Å². The van der Waals surface area contributed by atoms with Crippen LogP contribution in [0.3, 0.4) is 0 Å². The maximum absolute atomic E-state index is 13.4. The van der Waals surface area contributed by atoms with Gasteiger partial charge in [-0.2, -0.15) is 0 Å². The average molecular weight is 432 g/mol. The highest BCUT2D eigenvalue weighted by Gasteiger charge is 2.11. The van der Waals surface area contributed by atoms with E-state index in [1.807, 2.05) is 32.0 Å². The van der Waals surface area contributed by atoms with E-state index in [4.69, 9.17) is 25.5 Å². The molecule has 0 saturated heterocycles. The molecule has 0 radical (unpaired) electrons. The molecule has 0 bridgehead atoms. The van der Waals surface area contributed by atoms with Crippen LogP contribution in [0.5, 0.6) is 17.6 Å². The minimum Gasteiger partial charge on any atom is -0.484 e. The number of aromatic nitrogens is 2. The Bertz CT molecular complexity index is 1100. The lowest BCUT2D eigenvalue weighted by molar-refractivity contribution is -0.122. The fourth-order valence-electron chi connectivity index (χ4n) is 2.30. The van der Waals surface area contributed by atoms with Crippen molar-refractivity contribution in [3.63, 3.8) is 0 Å². The first kappa shape index (κ1) is 21.3. The van der Waals surface area contributed by atoms with Crippen LogP contribution in [-0.2, 0) is 4.79 Å². The SMILES string of the molecule is C/C(=C\NC(=O)COc1ccc(Cl)c(F)c1)c1nnc(Oc2ccc(C)c(C)c2)o1. The van der Waals surface area contributed by atoms with E-state index in [1.54, 1.807) is 6.92 Å². The van der Waals surface area contributed by atoms with Crippen LogP contribution in [0.4, 0.5) is 4.39 Å². The molecule has 30 heavy (non-hydrogen) atoms. The van der Waals surface area contributed by atoms with Crippen LogP contribution >= 0.6 is 11.6 Å². The number of amides is 1. The number of hydrogen-bond donors (Lipinski definition) is 1. The van der Waals surface area contributed by atoms with Crippen molar-refractivity contribution in [2.45, 2.75) is 20.8 Å². The molecule has 1 N–H and O–H groups in total. The second kappa shape index (κ2) is 9.41. The lowest BCUT2D eigenvalue weighted by Crippen LogP contribution is -2.24. The third kappa shape index (κ3) is 5.57. The molecule has 9 heteroatoms. The van der Waals surface area contributed by atoms with E-state index in [0.717, 1.165) is 17.2 Å². The van der Waals surface area contributed by atoms with Crippen LogP contribution in [0.2, 0.25) is 5.02 Å². The number of carbonyl (C=O) groups is 1. The van der Waals surface area contributed by atoms with Crippen LogP contribution in [0.15, 0.2) is 47.0 Å². The van der Waals surface area contributed by atoms with E-state index in [1.165, 1.54) is 18.3 Å². The summed E-state index contributed by atoms with van der Waals surface area (Å²) in [5, 5.41) is 10.2. The number of nitrogens with zero attached hydrogens (tertiary/aromatic N) is 2. The summed E-state index contributed by atoms with van der Waals surface area (Å²) in [6.07, 6.45) is 1.39. The molecule has 3 aromatic rings. The highest BCUT2D eigenvalue weighted by Crippen LogP contribution is 2.24. The zero-order valence-electron chi connectivity index (χ0n) is 16.5. The fourth-order valence-corrected chi connectivity index (χ4v) is 2.41. The molecule has 0 spiro atoms. The molecule has 0 aliphatic rings. The Morgan fingerprint density at radius 1 is 1.17 bits per heavy atom. The number of aryl methyl sites for hydroxylation is 2. The molecule has 1 aromatic heterocycles. The molecule has 0 aliphatic heterocycles. The zero-order chi connectivity index (χ0) is 21.7. The summed E-state index contributed by atoms with van der Waals surface area (Å²) >= 11 is 5.60. The van der Waals surface area contributed by atoms with Gasteiger partial charge in [-0.15, -0.1) is 5.10 Å². The zero-order valence-corrected chi connectivity index (χ0v) is 17.3. The maximum atomic E-state index is 13.4. The topological polar surface area (TPSA) is 86.5 Å². The second-order valence-corrected chi connectivity index (χ2v) is 6.89. The van der Waals surface area contributed by atoms with Crippen molar-refractivity contribution in [1.29, 1.82) is 0 Å². The van der Waals surface area contributed by atoms with Crippen LogP contribution in [0, 0.1) is 19.7 Å². The summed E-state index contributed by atoms with van der Waals surface area (Å²) in [4.78, 5) is 11.9. The summed E-state index contributed by atoms with van der Waals surface area (Å²) in [7, 11) is 0. The van der Waals surface area contributed by atoms with Crippen molar-refractivity contribution in [2.75, 3.05) is 6.61 Å². The van der Waals surface area contributed by atoms with E-state index < -0.39 is 11.7 Å². The van der Waals surface area contributed by atoms with Gasteiger partial charge in [-0.1, -0.05) is 22.8 Å². The first-order chi connectivity index (χ1) is 14.3. The highest BCUT2D eigenvalue weighted by molar-refractivity contribution is 6.30. The normalized spacial score (nSPS) is 11.3. The van der Waals surface area contributed by atoms with E-state index in [9.17, 15) is 9.18 Å². The van der Waals surface area contributed by atoms with Crippen LogP contribution in [0.1, 0.15) is 23.9 Å².